The molecule has 3 N–H and O–H groups in total. The number of urea groups is 1. The molecular formula is C12H17N3O4. The van der Waals surface area contributed by atoms with Crippen LogP contribution in [0.4, 0.5) is 4.79 Å². The monoisotopic (exact) mass is 267 g/mol. The minimum atomic E-state index is -0.853. The van der Waals surface area contributed by atoms with Gasteiger partial charge in [0.05, 0.1) is 18.2 Å². The first kappa shape index (κ1) is 13.4. The first-order valence-corrected chi connectivity index (χ1v) is 6.25. The molecule has 1 heterocycles. The van der Waals surface area contributed by atoms with Gasteiger partial charge < -0.3 is 20.3 Å². The smallest absolute Gasteiger partial charge is 0.315 e. The van der Waals surface area contributed by atoms with Crippen LogP contribution in [0.1, 0.15) is 30.7 Å². The first-order chi connectivity index (χ1) is 9.06. The van der Waals surface area contributed by atoms with Crippen molar-refractivity contribution in [3.63, 3.8) is 0 Å². The molecule has 1 fully saturated rings. The van der Waals surface area contributed by atoms with Crippen molar-refractivity contribution in [2.75, 3.05) is 0 Å². The van der Waals surface area contributed by atoms with Crippen LogP contribution in [0.25, 0.3) is 0 Å². The van der Waals surface area contributed by atoms with Crippen molar-refractivity contribution in [2.45, 2.75) is 38.8 Å². The van der Waals surface area contributed by atoms with E-state index in [9.17, 15) is 9.59 Å². The van der Waals surface area contributed by atoms with E-state index in [0.717, 1.165) is 12.1 Å². The number of nitrogens with one attached hydrogen (secondary N) is 2. The molecule has 2 rings (SSSR count). The van der Waals surface area contributed by atoms with Gasteiger partial charge in [-0.1, -0.05) is 11.6 Å². The number of aliphatic carboxylic acids is 1. The van der Waals surface area contributed by atoms with Crippen LogP contribution in [0.3, 0.4) is 0 Å². The molecule has 7 nitrogen and oxygen atoms in total. The SMILES string of the molecule is Cc1cc(CNC(=O)NC2CCCC2C(=O)O)on1. The number of hydrogen-bond donors (Lipinski definition) is 3. The summed E-state index contributed by atoms with van der Waals surface area (Å²) in [7, 11) is 0. The summed E-state index contributed by atoms with van der Waals surface area (Å²) < 4.78 is 4.96. The van der Waals surface area contributed by atoms with Crippen molar-refractivity contribution in [1.29, 1.82) is 0 Å². The molecule has 7 heteroatoms. The Labute approximate surface area is 110 Å². The Morgan fingerprint density at radius 1 is 1.53 bits per heavy atom. The summed E-state index contributed by atoms with van der Waals surface area (Å²) in [5.74, 6) is -0.777. The molecule has 1 aromatic rings. The van der Waals surface area contributed by atoms with Gasteiger partial charge in [-0.05, 0) is 19.8 Å². The lowest BCUT2D eigenvalue weighted by Gasteiger charge is -2.17. The lowest BCUT2D eigenvalue weighted by Crippen LogP contribution is -2.45. The van der Waals surface area contributed by atoms with Crippen LogP contribution in [0.15, 0.2) is 10.6 Å². The van der Waals surface area contributed by atoms with Gasteiger partial charge in [0.15, 0.2) is 5.76 Å². The van der Waals surface area contributed by atoms with Gasteiger partial charge in [0.1, 0.15) is 0 Å². The third-order valence-electron chi connectivity index (χ3n) is 3.25. The van der Waals surface area contributed by atoms with Crippen LogP contribution in [0.5, 0.6) is 0 Å². The topological polar surface area (TPSA) is 104 Å². The minimum Gasteiger partial charge on any atom is -0.481 e. The number of aryl methyl sites for hydroxylation is 1. The number of nitrogens with zero attached hydrogens (tertiary/aromatic N) is 1. The summed E-state index contributed by atoms with van der Waals surface area (Å²) in [5.41, 5.74) is 0.749. The molecule has 0 aromatic carbocycles. The average Bonchev–Trinajstić information content (AvgIpc) is 2.95. The van der Waals surface area contributed by atoms with E-state index in [1.807, 2.05) is 0 Å². The Hall–Kier alpha value is -2.05. The summed E-state index contributed by atoms with van der Waals surface area (Å²) in [6, 6.07) is 1.05. The molecule has 1 aliphatic rings. The maximum absolute atomic E-state index is 11.7. The number of rotatable bonds is 4. The number of carboxylic acid groups (broad SMARTS) is 1. The normalized spacial score (nSPS) is 22.2. The van der Waals surface area contributed by atoms with E-state index in [1.54, 1.807) is 13.0 Å². The Morgan fingerprint density at radius 3 is 2.95 bits per heavy atom. The molecule has 2 unspecified atom stereocenters. The summed E-state index contributed by atoms with van der Waals surface area (Å²) >= 11 is 0. The van der Waals surface area contributed by atoms with Gasteiger partial charge >= 0.3 is 12.0 Å². The fraction of sp³-hybridized carbons (Fsp3) is 0.583. The van der Waals surface area contributed by atoms with Gasteiger partial charge in [0.25, 0.3) is 0 Å². The number of carboxylic acids is 1. The molecule has 0 aliphatic heterocycles. The zero-order valence-corrected chi connectivity index (χ0v) is 10.7. The van der Waals surface area contributed by atoms with E-state index in [2.05, 4.69) is 15.8 Å². The standard InChI is InChI=1S/C12H17N3O4/c1-7-5-8(19-15-7)6-13-12(18)14-10-4-2-3-9(10)11(16)17/h5,9-10H,2-4,6H2,1H3,(H,16,17)(H2,13,14,18). The number of amides is 2. The van der Waals surface area contributed by atoms with Gasteiger partial charge in [0, 0.05) is 12.1 Å². The molecule has 0 radical (unpaired) electrons. The Bertz CT molecular complexity index is 471. The molecule has 0 bridgehead atoms. The molecule has 1 saturated carbocycles. The average molecular weight is 267 g/mol. The van der Waals surface area contributed by atoms with E-state index in [1.165, 1.54) is 0 Å². The van der Waals surface area contributed by atoms with Crippen molar-refractivity contribution >= 4 is 12.0 Å². The lowest BCUT2D eigenvalue weighted by molar-refractivity contribution is -0.142. The van der Waals surface area contributed by atoms with Gasteiger partial charge in [-0.25, -0.2) is 4.79 Å². The molecule has 0 saturated heterocycles. The molecule has 0 spiro atoms. The Morgan fingerprint density at radius 2 is 2.32 bits per heavy atom. The van der Waals surface area contributed by atoms with Gasteiger partial charge in [0.2, 0.25) is 0 Å². The summed E-state index contributed by atoms with van der Waals surface area (Å²) in [6.07, 6.45) is 2.14. The molecule has 2 atom stereocenters. The maximum atomic E-state index is 11.7. The third-order valence-corrected chi connectivity index (χ3v) is 3.25. The number of carbonyl (C=O) groups is 2. The highest BCUT2D eigenvalue weighted by atomic mass is 16.5. The van der Waals surface area contributed by atoms with Gasteiger partial charge in [-0.3, -0.25) is 4.79 Å². The van der Waals surface area contributed by atoms with Crippen molar-refractivity contribution in [3.8, 4) is 0 Å². The number of carbonyl (C=O) groups excluding carboxylic acids is 1. The predicted molar refractivity (Wildman–Crippen MR) is 65.4 cm³/mol. The van der Waals surface area contributed by atoms with E-state index in [0.29, 0.717) is 18.6 Å². The van der Waals surface area contributed by atoms with E-state index >= 15 is 0 Å². The second kappa shape index (κ2) is 5.73. The van der Waals surface area contributed by atoms with Gasteiger partial charge in [-0.15, -0.1) is 0 Å². The van der Waals surface area contributed by atoms with Crippen molar-refractivity contribution in [3.05, 3.63) is 17.5 Å². The quantitative estimate of drug-likeness (QED) is 0.756. The number of hydrogen-bond acceptors (Lipinski definition) is 4. The lowest BCUT2D eigenvalue weighted by atomic mass is 10.0. The molecular weight excluding hydrogens is 250 g/mol. The maximum Gasteiger partial charge on any atom is 0.315 e. The summed E-state index contributed by atoms with van der Waals surface area (Å²) in [4.78, 5) is 22.7. The fourth-order valence-corrected chi connectivity index (χ4v) is 2.31. The molecule has 104 valence electrons. The zero-order chi connectivity index (χ0) is 13.8. The van der Waals surface area contributed by atoms with E-state index < -0.39 is 11.9 Å². The van der Waals surface area contributed by atoms with Crippen molar-refractivity contribution in [2.24, 2.45) is 5.92 Å². The van der Waals surface area contributed by atoms with Crippen LogP contribution in [0, 0.1) is 12.8 Å². The minimum absolute atomic E-state index is 0.233. The summed E-state index contributed by atoms with van der Waals surface area (Å²) in [5, 5.41) is 18.0. The predicted octanol–water partition coefficient (Wildman–Crippen LogP) is 1.04. The highest BCUT2D eigenvalue weighted by Gasteiger charge is 2.33. The van der Waals surface area contributed by atoms with Crippen molar-refractivity contribution in [1.82, 2.24) is 15.8 Å². The second-order valence-corrected chi connectivity index (χ2v) is 4.74. The Balaban J connectivity index is 1.79. The van der Waals surface area contributed by atoms with Crippen LogP contribution in [-0.4, -0.2) is 28.3 Å². The van der Waals surface area contributed by atoms with Crippen LogP contribution < -0.4 is 10.6 Å². The second-order valence-electron chi connectivity index (χ2n) is 4.74. The van der Waals surface area contributed by atoms with E-state index in [-0.39, 0.29) is 18.6 Å². The molecule has 2 amide bonds. The van der Waals surface area contributed by atoms with Crippen molar-refractivity contribution < 1.29 is 19.2 Å². The van der Waals surface area contributed by atoms with Crippen LogP contribution in [0.2, 0.25) is 0 Å². The molecule has 1 aliphatic carbocycles. The third kappa shape index (κ3) is 3.46. The summed E-state index contributed by atoms with van der Waals surface area (Å²) in [6.45, 7) is 2.03. The molecule has 1 aromatic heterocycles. The largest absolute Gasteiger partial charge is 0.481 e. The van der Waals surface area contributed by atoms with Crippen LogP contribution in [-0.2, 0) is 11.3 Å². The van der Waals surface area contributed by atoms with Crippen LogP contribution >= 0.6 is 0 Å². The highest BCUT2D eigenvalue weighted by Crippen LogP contribution is 2.25. The Kier molecular flexibility index (Phi) is 4.03. The zero-order valence-electron chi connectivity index (χ0n) is 10.7. The number of aromatic nitrogens is 1. The fourth-order valence-electron chi connectivity index (χ4n) is 2.31. The highest BCUT2D eigenvalue weighted by molar-refractivity contribution is 5.76. The first-order valence-electron chi connectivity index (χ1n) is 6.25. The molecule has 19 heavy (non-hydrogen) atoms. The van der Waals surface area contributed by atoms with E-state index in [4.69, 9.17) is 9.63 Å². The van der Waals surface area contributed by atoms with Gasteiger partial charge in [-0.2, -0.15) is 0 Å².